The van der Waals surface area contributed by atoms with E-state index in [9.17, 15) is 4.79 Å². The molecule has 0 aliphatic heterocycles. The maximum absolute atomic E-state index is 11.1. The summed E-state index contributed by atoms with van der Waals surface area (Å²) in [7, 11) is 0. The van der Waals surface area contributed by atoms with Crippen LogP contribution in [-0.4, -0.2) is 23.6 Å². The molecule has 4 heteroatoms. The standard InChI is InChI=1S/C9H18BrNO2/c1-7(5-10)6-13-8(12)11-9(2,3)4/h7H,5-6H2,1-4H3,(H,11,12). The van der Waals surface area contributed by atoms with Gasteiger partial charge in [-0.3, -0.25) is 0 Å². The van der Waals surface area contributed by atoms with Crippen molar-refractivity contribution in [2.24, 2.45) is 5.92 Å². The van der Waals surface area contributed by atoms with Crippen LogP contribution in [0, 0.1) is 5.92 Å². The third-order valence-electron chi connectivity index (χ3n) is 1.24. The highest BCUT2D eigenvalue weighted by atomic mass is 79.9. The Balaban J connectivity index is 3.64. The Kier molecular flexibility index (Phi) is 5.37. The molecule has 0 heterocycles. The molecule has 0 bridgehead atoms. The molecule has 0 fully saturated rings. The second kappa shape index (κ2) is 5.47. The summed E-state index contributed by atoms with van der Waals surface area (Å²) in [5.41, 5.74) is -0.227. The average Bonchev–Trinajstić information content (AvgIpc) is 1.97. The van der Waals surface area contributed by atoms with Gasteiger partial charge >= 0.3 is 6.09 Å². The number of halogens is 1. The Labute approximate surface area is 88.4 Å². The largest absolute Gasteiger partial charge is 0.449 e. The molecule has 0 spiro atoms. The highest BCUT2D eigenvalue weighted by Gasteiger charge is 2.14. The zero-order valence-electron chi connectivity index (χ0n) is 8.69. The topological polar surface area (TPSA) is 38.3 Å². The van der Waals surface area contributed by atoms with E-state index >= 15 is 0 Å². The summed E-state index contributed by atoms with van der Waals surface area (Å²) in [6.45, 7) is 8.22. The molecule has 3 nitrogen and oxygen atoms in total. The van der Waals surface area contributed by atoms with E-state index in [-0.39, 0.29) is 11.6 Å². The fourth-order valence-corrected chi connectivity index (χ4v) is 0.792. The lowest BCUT2D eigenvalue weighted by molar-refractivity contribution is 0.126. The second-order valence-corrected chi connectivity index (χ2v) is 4.88. The van der Waals surface area contributed by atoms with Crippen molar-refractivity contribution in [2.45, 2.75) is 33.2 Å². The van der Waals surface area contributed by atoms with Crippen LogP contribution in [0.1, 0.15) is 27.7 Å². The van der Waals surface area contributed by atoms with Gasteiger partial charge in [-0.1, -0.05) is 22.9 Å². The molecule has 0 aromatic heterocycles. The summed E-state index contributed by atoms with van der Waals surface area (Å²) in [4.78, 5) is 11.1. The minimum atomic E-state index is -0.347. The fourth-order valence-electron chi connectivity index (χ4n) is 0.605. The number of alkyl carbamates (subject to hydrolysis) is 1. The highest BCUT2D eigenvalue weighted by molar-refractivity contribution is 9.09. The minimum Gasteiger partial charge on any atom is -0.449 e. The van der Waals surface area contributed by atoms with E-state index < -0.39 is 0 Å². The Hall–Kier alpha value is -0.250. The lowest BCUT2D eigenvalue weighted by Crippen LogP contribution is -2.41. The Morgan fingerprint density at radius 1 is 1.54 bits per heavy atom. The lowest BCUT2D eigenvalue weighted by Gasteiger charge is -2.20. The smallest absolute Gasteiger partial charge is 0.407 e. The fraction of sp³-hybridized carbons (Fsp3) is 0.889. The number of amides is 1. The zero-order valence-corrected chi connectivity index (χ0v) is 10.3. The summed E-state index contributed by atoms with van der Waals surface area (Å²) in [5.74, 6) is 0.353. The predicted molar refractivity (Wildman–Crippen MR) is 57.2 cm³/mol. The van der Waals surface area contributed by atoms with Gasteiger partial charge in [-0.25, -0.2) is 4.79 Å². The van der Waals surface area contributed by atoms with E-state index in [2.05, 4.69) is 21.2 Å². The molecule has 1 atom stereocenters. The lowest BCUT2D eigenvalue weighted by atomic mass is 10.1. The second-order valence-electron chi connectivity index (χ2n) is 4.23. The van der Waals surface area contributed by atoms with E-state index in [4.69, 9.17) is 4.74 Å². The molecule has 1 N–H and O–H groups in total. The molecule has 0 saturated heterocycles. The van der Waals surface area contributed by atoms with Crippen LogP contribution in [0.15, 0.2) is 0 Å². The van der Waals surface area contributed by atoms with Crippen molar-refractivity contribution in [3.8, 4) is 0 Å². The van der Waals surface area contributed by atoms with Crippen LogP contribution in [0.25, 0.3) is 0 Å². The van der Waals surface area contributed by atoms with Crippen molar-refractivity contribution in [2.75, 3.05) is 11.9 Å². The van der Waals surface area contributed by atoms with Crippen LogP contribution in [0.2, 0.25) is 0 Å². The molecule has 13 heavy (non-hydrogen) atoms. The molecule has 1 amide bonds. The Morgan fingerprint density at radius 3 is 2.46 bits per heavy atom. The number of hydrogen-bond donors (Lipinski definition) is 1. The van der Waals surface area contributed by atoms with Gasteiger partial charge in [-0.05, 0) is 20.8 Å². The first-order valence-corrected chi connectivity index (χ1v) is 5.48. The van der Waals surface area contributed by atoms with Gasteiger partial charge in [0.05, 0.1) is 6.61 Å². The maximum Gasteiger partial charge on any atom is 0.407 e. The zero-order chi connectivity index (χ0) is 10.5. The highest BCUT2D eigenvalue weighted by Crippen LogP contribution is 2.02. The molecule has 0 rings (SSSR count). The molecule has 0 aromatic carbocycles. The third kappa shape index (κ3) is 8.09. The first-order valence-electron chi connectivity index (χ1n) is 4.36. The number of rotatable bonds is 3. The SMILES string of the molecule is CC(CBr)COC(=O)NC(C)(C)C. The van der Waals surface area contributed by atoms with Crippen LogP contribution in [0.3, 0.4) is 0 Å². The normalized spacial score (nSPS) is 13.6. The number of carbonyl (C=O) groups excluding carboxylic acids is 1. The summed E-state index contributed by atoms with van der Waals surface area (Å²) in [6, 6.07) is 0. The third-order valence-corrected chi connectivity index (χ3v) is 2.34. The first kappa shape index (κ1) is 12.8. The first-order chi connectivity index (χ1) is 5.85. The number of ether oxygens (including phenoxy) is 1. The molecular formula is C9H18BrNO2. The Bertz CT molecular complexity index is 165. The van der Waals surface area contributed by atoms with Gasteiger partial charge < -0.3 is 10.1 Å². The van der Waals surface area contributed by atoms with E-state index in [0.717, 1.165) is 5.33 Å². The maximum atomic E-state index is 11.1. The number of hydrogen-bond acceptors (Lipinski definition) is 2. The summed E-state index contributed by atoms with van der Waals surface area (Å²) >= 11 is 3.31. The Morgan fingerprint density at radius 2 is 2.08 bits per heavy atom. The van der Waals surface area contributed by atoms with Crippen LogP contribution < -0.4 is 5.32 Å². The van der Waals surface area contributed by atoms with Crippen molar-refractivity contribution in [1.82, 2.24) is 5.32 Å². The van der Waals surface area contributed by atoms with Crippen LogP contribution >= 0.6 is 15.9 Å². The van der Waals surface area contributed by atoms with Gasteiger partial charge in [0.25, 0.3) is 0 Å². The van der Waals surface area contributed by atoms with Gasteiger partial charge in [-0.2, -0.15) is 0 Å². The summed E-state index contributed by atoms with van der Waals surface area (Å²) < 4.78 is 4.99. The number of nitrogens with one attached hydrogen (secondary N) is 1. The summed E-state index contributed by atoms with van der Waals surface area (Å²) in [6.07, 6.45) is -0.347. The molecule has 0 saturated carbocycles. The number of alkyl halides is 1. The predicted octanol–water partition coefficient (Wildman–Crippen LogP) is 2.54. The molecule has 78 valence electrons. The molecular weight excluding hydrogens is 234 g/mol. The molecule has 0 aliphatic carbocycles. The summed E-state index contributed by atoms with van der Waals surface area (Å²) in [5, 5.41) is 3.57. The van der Waals surface area contributed by atoms with Gasteiger partial charge in [-0.15, -0.1) is 0 Å². The van der Waals surface area contributed by atoms with Gasteiger partial charge in [0.2, 0.25) is 0 Å². The average molecular weight is 252 g/mol. The monoisotopic (exact) mass is 251 g/mol. The van der Waals surface area contributed by atoms with Crippen molar-refractivity contribution in [1.29, 1.82) is 0 Å². The molecule has 1 unspecified atom stereocenters. The van der Waals surface area contributed by atoms with Crippen LogP contribution in [0.4, 0.5) is 4.79 Å². The van der Waals surface area contributed by atoms with Crippen molar-refractivity contribution in [3.63, 3.8) is 0 Å². The van der Waals surface area contributed by atoms with Gasteiger partial charge in [0.15, 0.2) is 0 Å². The minimum absolute atomic E-state index is 0.227. The van der Waals surface area contributed by atoms with Crippen molar-refractivity contribution < 1.29 is 9.53 Å². The van der Waals surface area contributed by atoms with Crippen molar-refractivity contribution in [3.05, 3.63) is 0 Å². The van der Waals surface area contributed by atoms with Gasteiger partial charge in [0.1, 0.15) is 0 Å². The van der Waals surface area contributed by atoms with E-state index in [1.807, 2.05) is 27.7 Å². The number of carbonyl (C=O) groups is 1. The quantitative estimate of drug-likeness (QED) is 0.784. The van der Waals surface area contributed by atoms with E-state index in [1.165, 1.54) is 0 Å². The van der Waals surface area contributed by atoms with E-state index in [0.29, 0.717) is 12.5 Å². The molecule has 0 aliphatic rings. The van der Waals surface area contributed by atoms with Crippen LogP contribution in [-0.2, 0) is 4.74 Å². The van der Waals surface area contributed by atoms with E-state index in [1.54, 1.807) is 0 Å². The van der Waals surface area contributed by atoms with Crippen molar-refractivity contribution >= 4 is 22.0 Å². The van der Waals surface area contributed by atoms with Gasteiger partial charge in [0, 0.05) is 16.8 Å². The molecule has 0 aromatic rings. The van der Waals surface area contributed by atoms with Crippen LogP contribution in [0.5, 0.6) is 0 Å². The molecule has 0 radical (unpaired) electrons.